The minimum atomic E-state index is -2.10. The van der Waals surface area contributed by atoms with Crippen molar-refractivity contribution in [2.45, 2.75) is 167 Å². The predicted molar refractivity (Wildman–Crippen MR) is 209 cm³/mol. The van der Waals surface area contributed by atoms with Gasteiger partial charge in [0.2, 0.25) is 23.0 Å². The highest BCUT2D eigenvalue weighted by atomic mass is 28.4. The molecular weight excluding hydrogens is 609 g/mol. The van der Waals surface area contributed by atoms with Gasteiger partial charge in [0.15, 0.2) is 12.1 Å². The molecule has 4 nitrogen and oxygen atoms in total. The van der Waals surface area contributed by atoms with Crippen LogP contribution < -0.4 is 0 Å². The van der Waals surface area contributed by atoms with Crippen molar-refractivity contribution >= 4 is 23.0 Å². The zero-order chi connectivity index (χ0) is 35.5. The second kappa shape index (κ2) is 15.4. The van der Waals surface area contributed by atoms with Gasteiger partial charge in [0.05, 0.1) is 11.2 Å². The summed E-state index contributed by atoms with van der Waals surface area (Å²) in [6, 6.07) is 22.6. The van der Waals surface area contributed by atoms with Crippen LogP contribution in [0.1, 0.15) is 134 Å². The van der Waals surface area contributed by atoms with Gasteiger partial charge in [-0.3, -0.25) is 9.48 Å². The van der Waals surface area contributed by atoms with E-state index in [4.69, 9.17) is 8.85 Å². The summed E-state index contributed by atoms with van der Waals surface area (Å²) in [5.74, 6) is 0. The van der Waals surface area contributed by atoms with Crippen LogP contribution in [0.2, 0.25) is 33.2 Å². The average molecular weight is 680 g/mol. The maximum Gasteiger partial charge on any atom is 0.235 e. The highest BCUT2D eigenvalue weighted by Crippen LogP contribution is 2.48. The van der Waals surface area contributed by atoms with E-state index >= 15 is 0 Å². The van der Waals surface area contributed by atoms with Crippen molar-refractivity contribution in [2.75, 3.05) is 13.1 Å². The van der Waals surface area contributed by atoms with E-state index in [-0.39, 0.29) is 23.3 Å². The average Bonchev–Trinajstić information content (AvgIpc) is 3.30. The highest BCUT2D eigenvalue weighted by molar-refractivity contribution is 6.78. The van der Waals surface area contributed by atoms with Crippen molar-refractivity contribution in [3.8, 4) is 0 Å². The molecule has 0 fully saturated rings. The monoisotopic (exact) mass is 680 g/mol. The van der Waals surface area contributed by atoms with Crippen molar-refractivity contribution in [1.29, 1.82) is 0 Å². The van der Waals surface area contributed by atoms with E-state index in [2.05, 4.69) is 187 Å². The lowest BCUT2D eigenvalue weighted by Gasteiger charge is -2.47. The summed E-state index contributed by atoms with van der Waals surface area (Å²) in [6.07, 6.45) is 2.43. The predicted octanol–water partition coefficient (Wildman–Crippen LogP) is 11.8. The number of hydrogen-bond acceptors (Lipinski definition) is 3. The molecule has 0 radical (unpaired) electrons. The molecule has 3 rings (SSSR count). The first-order valence-corrected chi connectivity index (χ1v) is 22.9. The van der Waals surface area contributed by atoms with Crippen LogP contribution in [0, 0.1) is 0 Å². The number of benzene rings is 2. The number of nitrogens with zero attached hydrogens (tertiary/aromatic N) is 2. The molecule has 1 heterocycles. The van der Waals surface area contributed by atoms with Crippen molar-refractivity contribution < 1.29 is 13.4 Å². The zero-order valence-electron chi connectivity index (χ0n) is 33.1. The molecule has 2 aromatic carbocycles. The molecule has 47 heavy (non-hydrogen) atoms. The Hall–Kier alpha value is -1.74. The second-order valence-electron chi connectivity index (χ2n) is 17.5. The molecule has 0 saturated carbocycles. The summed E-state index contributed by atoms with van der Waals surface area (Å²) in [4.78, 5) is 2.60. The molecule has 2 atom stereocenters. The van der Waals surface area contributed by atoms with Gasteiger partial charge < -0.3 is 8.85 Å². The third kappa shape index (κ3) is 8.53. The third-order valence-corrected chi connectivity index (χ3v) is 23.7. The highest BCUT2D eigenvalue weighted by Gasteiger charge is 2.53. The first-order chi connectivity index (χ1) is 21.7. The van der Waals surface area contributed by atoms with Crippen LogP contribution in [0.3, 0.4) is 0 Å². The van der Waals surface area contributed by atoms with E-state index in [1.807, 2.05) is 0 Å². The molecule has 0 saturated heterocycles. The van der Waals surface area contributed by atoms with Gasteiger partial charge in [-0.05, 0) is 60.9 Å². The van der Waals surface area contributed by atoms with E-state index in [9.17, 15) is 0 Å². The van der Waals surface area contributed by atoms with E-state index in [0.29, 0.717) is 33.2 Å². The van der Waals surface area contributed by atoms with Gasteiger partial charge in [-0.1, -0.05) is 144 Å². The van der Waals surface area contributed by atoms with Crippen molar-refractivity contribution in [3.63, 3.8) is 0 Å². The van der Waals surface area contributed by atoms with Gasteiger partial charge in [-0.2, -0.15) is 0 Å². The van der Waals surface area contributed by atoms with Crippen LogP contribution >= 0.6 is 0 Å². The van der Waals surface area contributed by atoms with Crippen molar-refractivity contribution in [1.82, 2.24) is 4.90 Å². The molecule has 1 aliphatic heterocycles. The molecule has 0 spiro atoms. The van der Waals surface area contributed by atoms with Crippen LogP contribution in [-0.4, -0.2) is 56.7 Å². The van der Waals surface area contributed by atoms with Crippen LogP contribution in [0.4, 0.5) is 0 Å². The Morgan fingerprint density at radius 3 is 1.32 bits per heavy atom. The fraction of sp³-hybridized carbons (Fsp3) is 0.683. The normalized spacial score (nSPS) is 18.5. The maximum atomic E-state index is 7.52. The molecule has 0 N–H and O–H groups in total. The minimum absolute atomic E-state index is 0.146. The van der Waals surface area contributed by atoms with Crippen molar-refractivity contribution in [2.24, 2.45) is 0 Å². The first-order valence-electron chi connectivity index (χ1n) is 18.6. The van der Waals surface area contributed by atoms with Gasteiger partial charge in [0.25, 0.3) is 0 Å². The fourth-order valence-corrected chi connectivity index (χ4v) is 21.1. The Morgan fingerprint density at radius 1 is 0.574 bits per heavy atom. The quantitative estimate of drug-likeness (QED) is 0.130. The summed E-state index contributed by atoms with van der Waals surface area (Å²) in [7, 11) is -4.20. The Bertz CT molecular complexity index is 1240. The van der Waals surface area contributed by atoms with Gasteiger partial charge >= 0.3 is 0 Å². The van der Waals surface area contributed by atoms with Crippen molar-refractivity contribution in [3.05, 3.63) is 71.8 Å². The third-order valence-electron chi connectivity index (χ3n) is 11.0. The topological polar surface area (TPSA) is 24.7 Å². The van der Waals surface area contributed by atoms with E-state index < -0.39 is 16.6 Å². The molecule has 6 heteroatoms. The van der Waals surface area contributed by atoms with E-state index in [1.54, 1.807) is 0 Å². The maximum absolute atomic E-state index is 7.52. The molecule has 0 amide bonds. The van der Waals surface area contributed by atoms with Crippen LogP contribution in [0.15, 0.2) is 60.7 Å². The van der Waals surface area contributed by atoms with Crippen LogP contribution in [0.25, 0.3) is 0 Å². The summed E-state index contributed by atoms with van der Waals surface area (Å²) in [5.41, 5.74) is 5.23. The molecule has 0 unspecified atom stereocenters. The molecule has 0 aromatic heterocycles. The fourth-order valence-electron chi connectivity index (χ4n) is 9.63. The Balaban J connectivity index is 2.15. The zero-order valence-corrected chi connectivity index (χ0v) is 35.1. The first kappa shape index (κ1) is 39.7. The lowest BCUT2D eigenvalue weighted by Crippen LogP contribution is -2.55. The largest absolute Gasteiger partial charge is 0.407 e. The van der Waals surface area contributed by atoms with E-state index in [0.717, 1.165) is 13.1 Å². The molecule has 2 aromatic rings. The number of hydrogen-bond donors (Lipinski definition) is 0. The molecule has 0 aliphatic carbocycles. The second-order valence-corrected chi connectivity index (χ2v) is 28.3. The lowest BCUT2D eigenvalue weighted by molar-refractivity contribution is -0.576. The molecular formula is C41H71N2O2Si2+. The SMILES string of the molecule is CC(C)[Si](OC(C)(C)CN1C=[N+](CC(C)(C)O[Si](C(C)C)(C(C)C)C(C)C)[C@H](c2ccccc2)[C@H]1c1ccccc1)(C(C)C)C(C)C. The lowest BCUT2D eigenvalue weighted by atomic mass is 9.92. The van der Waals surface area contributed by atoms with Gasteiger partial charge in [-0.25, -0.2) is 0 Å². The number of rotatable bonds is 16. The van der Waals surface area contributed by atoms with Crippen LogP contribution in [0.5, 0.6) is 0 Å². The summed E-state index contributed by atoms with van der Waals surface area (Å²) in [5, 5.41) is 0. The van der Waals surface area contributed by atoms with E-state index in [1.165, 1.54) is 11.1 Å². The Labute approximate surface area is 292 Å². The van der Waals surface area contributed by atoms with Gasteiger partial charge in [0.1, 0.15) is 13.1 Å². The van der Waals surface area contributed by atoms with Gasteiger partial charge in [-0.15, -0.1) is 0 Å². The summed E-state index contributed by atoms with van der Waals surface area (Å²) >= 11 is 0. The van der Waals surface area contributed by atoms with Crippen LogP contribution in [-0.2, 0) is 8.85 Å². The molecule has 1 aliphatic rings. The van der Waals surface area contributed by atoms with Gasteiger partial charge in [0, 0.05) is 11.1 Å². The molecule has 264 valence electrons. The summed E-state index contributed by atoms with van der Waals surface area (Å²) < 4.78 is 17.6. The minimum Gasteiger partial charge on any atom is -0.407 e. The Kier molecular flexibility index (Phi) is 13.0. The summed E-state index contributed by atoms with van der Waals surface area (Å²) in [6.45, 7) is 39.6. The smallest absolute Gasteiger partial charge is 0.235 e. The Morgan fingerprint density at radius 2 is 0.936 bits per heavy atom. The molecule has 0 bridgehead atoms. The standard InChI is InChI=1S/C41H71N2O2Si2/c1-30(2)46(31(3)4,32(5)6)44-40(13,14)27-42-29-43(28-41(15,16)45-47(33(7)8,34(9)10)35(11)12)39(37-25-21-18-22-26-37)38(42)36-23-19-17-20-24-36/h17-26,29-35,38-39H,27-28H2,1-16H3/q+1/t38-,39-/m1/s1.